The normalized spacial score (nSPS) is 13.1. The van der Waals surface area contributed by atoms with Crippen LogP contribution in [-0.2, 0) is 19.3 Å². The molecular formula is C21H18. The Morgan fingerprint density at radius 1 is 0.381 bits per heavy atom. The molecule has 0 nitrogen and oxygen atoms in total. The number of benzene rings is 3. The zero-order valence-electron chi connectivity index (χ0n) is 12.0. The van der Waals surface area contributed by atoms with Crippen molar-refractivity contribution in [2.75, 3.05) is 0 Å². The standard InChI is InChI=1S/C21H18/c1-4-16-10-17(5-1)14-19-7-3-9-21(12-19)15-20-8-2-6-18(11-20)13-16/h1-12H,13-15H2. The topological polar surface area (TPSA) is 0 Å². The molecule has 1 aliphatic rings. The maximum absolute atomic E-state index is 2.35. The molecule has 0 aliphatic heterocycles. The van der Waals surface area contributed by atoms with Gasteiger partial charge < -0.3 is 0 Å². The summed E-state index contributed by atoms with van der Waals surface area (Å²) in [5.41, 5.74) is 8.42. The third kappa shape index (κ3) is 2.75. The van der Waals surface area contributed by atoms with Crippen LogP contribution in [0.2, 0.25) is 0 Å². The minimum absolute atomic E-state index is 1.02. The Labute approximate surface area is 126 Å². The second kappa shape index (κ2) is 5.21. The summed E-state index contributed by atoms with van der Waals surface area (Å²) in [4.78, 5) is 0. The summed E-state index contributed by atoms with van der Waals surface area (Å²) in [6, 6.07) is 27.0. The maximum atomic E-state index is 2.35. The summed E-state index contributed by atoms with van der Waals surface area (Å²) in [7, 11) is 0. The zero-order valence-corrected chi connectivity index (χ0v) is 12.0. The van der Waals surface area contributed by atoms with E-state index in [0.717, 1.165) is 19.3 Å². The van der Waals surface area contributed by atoms with Crippen LogP contribution in [0.4, 0.5) is 0 Å². The van der Waals surface area contributed by atoms with Crippen molar-refractivity contribution in [1.82, 2.24) is 0 Å². The van der Waals surface area contributed by atoms with Gasteiger partial charge in [-0.15, -0.1) is 0 Å². The van der Waals surface area contributed by atoms with E-state index < -0.39 is 0 Å². The van der Waals surface area contributed by atoms with Crippen LogP contribution in [0, 0.1) is 0 Å². The van der Waals surface area contributed by atoms with E-state index in [4.69, 9.17) is 0 Å². The Hall–Kier alpha value is -2.34. The van der Waals surface area contributed by atoms with Gasteiger partial charge in [0.1, 0.15) is 0 Å². The van der Waals surface area contributed by atoms with Crippen molar-refractivity contribution in [1.29, 1.82) is 0 Å². The molecule has 0 unspecified atom stereocenters. The van der Waals surface area contributed by atoms with Gasteiger partial charge in [-0.1, -0.05) is 72.8 Å². The molecule has 0 heteroatoms. The van der Waals surface area contributed by atoms with Crippen LogP contribution >= 0.6 is 0 Å². The average molecular weight is 270 g/mol. The van der Waals surface area contributed by atoms with Crippen LogP contribution in [0.5, 0.6) is 0 Å². The second-order valence-corrected chi connectivity index (χ2v) is 5.99. The van der Waals surface area contributed by atoms with Gasteiger partial charge in [0.15, 0.2) is 0 Å². The lowest BCUT2D eigenvalue weighted by molar-refractivity contribution is 1.09. The number of fused-ring (bicyclic) bond motifs is 6. The summed E-state index contributed by atoms with van der Waals surface area (Å²) in [5, 5.41) is 0. The zero-order chi connectivity index (χ0) is 14.1. The Kier molecular flexibility index (Phi) is 3.08. The molecule has 0 amide bonds. The highest BCUT2D eigenvalue weighted by molar-refractivity contribution is 5.38. The quantitative estimate of drug-likeness (QED) is 0.431. The first-order chi connectivity index (χ1) is 10.3. The minimum Gasteiger partial charge on any atom is -0.0617 e. The SMILES string of the molecule is c1cc2cc(c1)Cc1cccc(c1)Cc1cccc(c1)C2. The molecule has 0 saturated carbocycles. The fraction of sp³-hybridized carbons (Fsp3) is 0.143. The van der Waals surface area contributed by atoms with Crippen molar-refractivity contribution in [2.24, 2.45) is 0 Å². The Morgan fingerprint density at radius 3 is 0.857 bits per heavy atom. The summed E-state index contributed by atoms with van der Waals surface area (Å²) >= 11 is 0. The first kappa shape index (κ1) is 12.4. The van der Waals surface area contributed by atoms with E-state index in [1.54, 1.807) is 0 Å². The molecule has 4 rings (SSSR count). The van der Waals surface area contributed by atoms with E-state index >= 15 is 0 Å². The third-order valence-corrected chi connectivity index (χ3v) is 4.20. The first-order valence-corrected chi connectivity index (χ1v) is 7.59. The first-order valence-electron chi connectivity index (χ1n) is 7.59. The molecule has 102 valence electrons. The number of rotatable bonds is 0. The highest BCUT2D eigenvalue weighted by Crippen LogP contribution is 2.20. The fourth-order valence-electron chi connectivity index (χ4n) is 3.26. The van der Waals surface area contributed by atoms with Gasteiger partial charge in [0.2, 0.25) is 0 Å². The van der Waals surface area contributed by atoms with Crippen LogP contribution in [-0.4, -0.2) is 0 Å². The van der Waals surface area contributed by atoms with Gasteiger partial charge in [0.05, 0.1) is 0 Å². The Morgan fingerprint density at radius 2 is 0.619 bits per heavy atom. The molecule has 3 aromatic rings. The molecule has 0 spiro atoms. The second-order valence-electron chi connectivity index (χ2n) is 5.99. The lowest BCUT2D eigenvalue weighted by Crippen LogP contribution is -1.97. The maximum Gasteiger partial charge on any atom is -0.00256 e. The molecule has 21 heavy (non-hydrogen) atoms. The molecular weight excluding hydrogens is 252 g/mol. The lowest BCUT2D eigenvalue weighted by atomic mass is 9.94. The largest absolute Gasteiger partial charge is 0.0617 e. The van der Waals surface area contributed by atoms with Crippen molar-refractivity contribution < 1.29 is 0 Å². The van der Waals surface area contributed by atoms with Crippen LogP contribution in [0.1, 0.15) is 33.4 Å². The molecule has 0 atom stereocenters. The molecule has 1 aliphatic carbocycles. The molecule has 3 aromatic carbocycles. The fourth-order valence-corrected chi connectivity index (χ4v) is 3.26. The molecule has 0 radical (unpaired) electrons. The van der Waals surface area contributed by atoms with Gasteiger partial charge in [-0.3, -0.25) is 0 Å². The predicted molar refractivity (Wildman–Crippen MR) is 87.7 cm³/mol. The number of hydrogen-bond acceptors (Lipinski definition) is 0. The molecule has 0 aromatic heterocycles. The highest BCUT2D eigenvalue weighted by atomic mass is 14.1. The van der Waals surface area contributed by atoms with E-state index in [0.29, 0.717) is 0 Å². The van der Waals surface area contributed by atoms with Crippen LogP contribution < -0.4 is 0 Å². The Bertz CT molecular complexity index is 623. The lowest BCUT2D eigenvalue weighted by Gasteiger charge is -2.11. The van der Waals surface area contributed by atoms with Gasteiger partial charge >= 0.3 is 0 Å². The van der Waals surface area contributed by atoms with E-state index in [-0.39, 0.29) is 0 Å². The van der Waals surface area contributed by atoms with Gasteiger partial charge in [0.25, 0.3) is 0 Å². The van der Waals surface area contributed by atoms with E-state index in [2.05, 4.69) is 72.8 Å². The monoisotopic (exact) mass is 270 g/mol. The summed E-state index contributed by atoms with van der Waals surface area (Å²) < 4.78 is 0. The van der Waals surface area contributed by atoms with Crippen molar-refractivity contribution in [3.63, 3.8) is 0 Å². The molecule has 0 fully saturated rings. The summed E-state index contributed by atoms with van der Waals surface area (Å²) in [6.45, 7) is 0. The van der Waals surface area contributed by atoms with E-state index in [1.807, 2.05) is 0 Å². The third-order valence-electron chi connectivity index (χ3n) is 4.20. The van der Waals surface area contributed by atoms with Crippen molar-refractivity contribution in [3.8, 4) is 0 Å². The van der Waals surface area contributed by atoms with Gasteiger partial charge in [-0.25, -0.2) is 0 Å². The van der Waals surface area contributed by atoms with Crippen molar-refractivity contribution >= 4 is 0 Å². The molecule has 0 heterocycles. The van der Waals surface area contributed by atoms with Gasteiger partial charge in [-0.2, -0.15) is 0 Å². The molecule has 0 N–H and O–H groups in total. The smallest absolute Gasteiger partial charge is 0.00256 e. The van der Waals surface area contributed by atoms with Gasteiger partial charge in [0, 0.05) is 0 Å². The molecule has 6 bridgehead atoms. The Balaban J connectivity index is 1.87. The minimum atomic E-state index is 1.02. The highest BCUT2D eigenvalue weighted by Gasteiger charge is 2.05. The van der Waals surface area contributed by atoms with E-state index in [1.165, 1.54) is 33.4 Å². The van der Waals surface area contributed by atoms with Crippen LogP contribution in [0.25, 0.3) is 0 Å². The van der Waals surface area contributed by atoms with Crippen molar-refractivity contribution in [2.45, 2.75) is 19.3 Å². The number of hydrogen-bond donors (Lipinski definition) is 0. The predicted octanol–water partition coefficient (Wildman–Crippen LogP) is 4.77. The molecule has 0 saturated heterocycles. The van der Waals surface area contributed by atoms with E-state index in [9.17, 15) is 0 Å². The summed E-state index contributed by atoms with van der Waals surface area (Å²) in [6.07, 6.45) is 3.07. The van der Waals surface area contributed by atoms with Crippen molar-refractivity contribution in [3.05, 3.63) is 106 Å². The average Bonchev–Trinajstić information content (AvgIpc) is 2.47. The van der Waals surface area contributed by atoms with Crippen LogP contribution in [0.3, 0.4) is 0 Å². The van der Waals surface area contributed by atoms with Crippen LogP contribution in [0.15, 0.2) is 72.8 Å². The van der Waals surface area contributed by atoms with Gasteiger partial charge in [-0.05, 0) is 52.6 Å². The summed E-state index contributed by atoms with van der Waals surface area (Å²) in [5.74, 6) is 0.